The molecule has 1 aliphatic rings. The summed E-state index contributed by atoms with van der Waals surface area (Å²) in [6, 6.07) is 0. The van der Waals surface area contributed by atoms with Gasteiger partial charge >= 0.3 is 0 Å². The summed E-state index contributed by atoms with van der Waals surface area (Å²) in [5, 5.41) is 0. The van der Waals surface area contributed by atoms with Gasteiger partial charge < -0.3 is 0 Å². The minimum Gasteiger partial charge on any atom is -0.230 e. The van der Waals surface area contributed by atoms with Crippen molar-refractivity contribution in [2.45, 2.75) is 6.92 Å². The largest absolute Gasteiger partial charge is 0.230 e. The molecule has 0 fully saturated rings. The van der Waals surface area contributed by atoms with Crippen LogP contribution in [0.25, 0.3) is 0 Å². The molecule has 0 bridgehead atoms. The number of hydrogen-bond acceptors (Lipinski definition) is 1. The molecule has 1 aliphatic heterocycles. The highest BCUT2D eigenvalue weighted by molar-refractivity contribution is 5.51. The van der Waals surface area contributed by atoms with Gasteiger partial charge in [0, 0.05) is 0 Å². The maximum atomic E-state index is 3.97. The molecule has 0 spiro atoms. The maximum absolute atomic E-state index is 3.97. The summed E-state index contributed by atoms with van der Waals surface area (Å²) in [5.74, 6) is 0. The zero-order valence-electron chi connectivity index (χ0n) is 5.78. The molecule has 0 amide bonds. The number of quaternary nitrogens is 1. The van der Waals surface area contributed by atoms with Crippen molar-refractivity contribution in [2.75, 3.05) is 7.05 Å². The average Bonchev–Trinajstić information content (AvgIpc) is 2.16. The van der Waals surface area contributed by atoms with Crippen LogP contribution in [0.5, 0.6) is 0 Å². The Hall–Kier alpha value is -0.890. The summed E-state index contributed by atoms with van der Waals surface area (Å²) in [6.45, 7) is 2.00. The first-order chi connectivity index (χ1) is 4.27. The molecular weight excluding hydrogens is 112 g/mol. The van der Waals surface area contributed by atoms with Crippen LogP contribution in [-0.2, 0) is 0 Å². The zero-order chi connectivity index (χ0) is 6.74. The van der Waals surface area contributed by atoms with Crippen molar-refractivity contribution in [3.8, 4) is 0 Å². The van der Waals surface area contributed by atoms with Gasteiger partial charge in [0.15, 0.2) is 6.34 Å². The number of allylic oxidation sites excluding steroid dienone is 1. The van der Waals surface area contributed by atoms with E-state index in [1.54, 1.807) is 6.20 Å². The number of nitrogens with zero attached hydrogens (tertiary/aromatic N) is 2. The van der Waals surface area contributed by atoms with Crippen LogP contribution in [0.1, 0.15) is 6.92 Å². The van der Waals surface area contributed by atoms with E-state index in [0.717, 1.165) is 0 Å². The highest BCUT2D eigenvalue weighted by Crippen LogP contribution is 2.06. The molecule has 1 unspecified atom stereocenters. The van der Waals surface area contributed by atoms with Crippen LogP contribution in [0, 0.1) is 0 Å². The molecule has 48 valence electrons. The Bertz CT molecular complexity index is 165. The lowest BCUT2D eigenvalue weighted by molar-refractivity contribution is -0.696. The van der Waals surface area contributed by atoms with Gasteiger partial charge in [-0.3, -0.25) is 0 Å². The quantitative estimate of drug-likeness (QED) is 0.468. The Labute approximate surface area is 55.4 Å². The molecule has 2 heteroatoms. The van der Waals surface area contributed by atoms with Crippen molar-refractivity contribution in [1.29, 1.82) is 0 Å². The molecule has 1 atom stereocenters. The van der Waals surface area contributed by atoms with E-state index in [1.165, 1.54) is 0 Å². The first-order valence-corrected chi connectivity index (χ1v) is 2.98. The van der Waals surface area contributed by atoms with E-state index < -0.39 is 0 Å². The van der Waals surface area contributed by atoms with E-state index in [9.17, 15) is 0 Å². The van der Waals surface area contributed by atoms with E-state index in [1.807, 2.05) is 25.5 Å². The molecule has 0 radical (unpaired) electrons. The first kappa shape index (κ1) is 6.23. The second-order valence-corrected chi connectivity index (χ2v) is 2.27. The molecule has 0 saturated carbocycles. The number of rotatable bonds is 1. The monoisotopic (exact) mass is 123 g/mol. The molecule has 0 aliphatic carbocycles. The summed E-state index contributed by atoms with van der Waals surface area (Å²) < 4.78 is 0.691. The fourth-order valence-corrected chi connectivity index (χ4v) is 0.812. The van der Waals surface area contributed by atoms with Crippen molar-refractivity contribution in [3.05, 3.63) is 24.7 Å². The average molecular weight is 123 g/mol. The first-order valence-electron chi connectivity index (χ1n) is 2.98. The summed E-state index contributed by atoms with van der Waals surface area (Å²) >= 11 is 0. The van der Waals surface area contributed by atoms with Gasteiger partial charge in [-0.2, -0.15) is 0 Å². The lowest BCUT2D eigenvalue weighted by atomic mass is 10.5. The Morgan fingerprint density at radius 2 is 2.33 bits per heavy atom. The lowest BCUT2D eigenvalue weighted by Gasteiger charge is -2.13. The predicted molar refractivity (Wildman–Crippen MR) is 38.6 cm³/mol. The summed E-state index contributed by atoms with van der Waals surface area (Å²) in [7, 11) is 2.06. The van der Waals surface area contributed by atoms with Crippen molar-refractivity contribution in [2.24, 2.45) is 4.99 Å². The summed E-state index contributed by atoms with van der Waals surface area (Å²) in [6.07, 6.45) is 9.77. The second kappa shape index (κ2) is 2.15. The maximum Gasteiger partial charge on any atom is 0.199 e. The van der Waals surface area contributed by atoms with Gasteiger partial charge in [-0.1, -0.05) is 0 Å². The third-order valence-electron chi connectivity index (χ3n) is 1.26. The summed E-state index contributed by atoms with van der Waals surface area (Å²) in [5.41, 5.74) is 0. The van der Waals surface area contributed by atoms with Gasteiger partial charge in [0.2, 0.25) is 0 Å². The van der Waals surface area contributed by atoms with Gasteiger partial charge in [0.05, 0.1) is 13.2 Å². The third-order valence-corrected chi connectivity index (χ3v) is 1.26. The van der Waals surface area contributed by atoms with E-state index in [0.29, 0.717) is 4.48 Å². The second-order valence-electron chi connectivity index (χ2n) is 2.27. The molecule has 0 aromatic rings. The van der Waals surface area contributed by atoms with Crippen LogP contribution in [0.2, 0.25) is 0 Å². The molecule has 9 heavy (non-hydrogen) atoms. The lowest BCUT2D eigenvalue weighted by Crippen LogP contribution is -2.27. The Morgan fingerprint density at radius 1 is 1.56 bits per heavy atom. The van der Waals surface area contributed by atoms with Crippen LogP contribution in [0.15, 0.2) is 29.7 Å². The van der Waals surface area contributed by atoms with E-state index in [4.69, 9.17) is 0 Å². The topological polar surface area (TPSA) is 12.4 Å². The van der Waals surface area contributed by atoms with Gasteiger partial charge in [-0.05, 0) is 13.0 Å². The molecule has 0 N–H and O–H groups in total. The highest BCUT2D eigenvalue weighted by atomic mass is 15.3. The van der Waals surface area contributed by atoms with E-state index in [2.05, 4.69) is 18.2 Å². The number of aliphatic imine (C=N–C) groups is 1. The van der Waals surface area contributed by atoms with E-state index >= 15 is 0 Å². The molecular formula is C7H11N2+. The minimum atomic E-state index is 0.691. The van der Waals surface area contributed by atoms with E-state index in [-0.39, 0.29) is 0 Å². The fourth-order valence-electron chi connectivity index (χ4n) is 0.812. The molecule has 1 rings (SSSR count). The highest BCUT2D eigenvalue weighted by Gasteiger charge is 2.13. The van der Waals surface area contributed by atoms with Crippen LogP contribution >= 0.6 is 0 Å². The van der Waals surface area contributed by atoms with Gasteiger partial charge in [0.1, 0.15) is 12.4 Å². The molecule has 0 aromatic carbocycles. The number of hydrogen-bond donors (Lipinski definition) is 0. The third kappa shape index (κ3) is 1.27. The van der Waals surface area contributed by atoms with Crippen LogP contribution in [0.4, 0.5) is 0 Å². The standard InChI is InChI=1S/C7H11N2/c1-3-5-9(2)6-4-8-7-9/h3-7H,1-2H3/q+1. The van der Waals surface area contributed by atoms with Gasteiger partial charge in [-0.15, -0.1) is 0 Å². The molecule has 2 nitrogen and oxygen atoms in total. The molecule has 1 heterocycles. The van der Waals surface area contributed by atoms with Crippen LogP contribution < -0.4 is 0 Å². The Morgan fingerprint density at radius 3 is 2.78 bits per heavy atom. The predicted octanol–water partition coefficient (Wildman–Crippen LogP) is 1.48. The van der Waals surface area contributed by atoms with Crippen molar-refractivity contribution < 1.29 is 4.48 Å². The van der Waals surface area contributed by atoms with Gasteiger partial charge in [0.25, 0.3) is 0 Å². The zero-order valence-corrected chi connectivity index (χ0v) is 5.78. The normalized spacial score (nSPS) is 32.7. The SMILES string of the molecule is CC=C[N+]1(C)C=CN=C1. The van der Waals surface area contributed by atoms with Gasteiger partial charge in [-0.25, -0.2) is 9.48 Å². The fraction of sp³-hybridized carbons (Fsp3) is 0.286. The van der Waals surface area contributed by atoms with Crippen molar-refractivity contribution in [1.82, 2.24) is 0 Å². The Kier molecular flexibility index (Phi) is 1.49. The van der Waals surface area contributed by atoms with Crippen LogP contribution in [0.3, 0.4) is 0 Å². The molecule has 0 saturated heterocycles. The Balaban J connectivity index is 2.75. The van der Waals surface area contributed by atoms with Crippen molar-refractivity contribution in [3.63, 3.8) is 0 Å². The van der Waals surface area contributed by atoms with Crippen molar-refractivity contribution >= 4 is 6.34 Å². The summed E-state index contributed by atoms with van der Waals surface area (Å²) in [4.78, 5) is 3.97. The molecule has 0 aromatic heterocycles. The minimum absolute atomic E-state index is 0.691. The van der Waals surface area contributed by atoms with Crippen LogP contribution in [-0.4, -0.2) is 17.9 Å². The smallest absolute Gasteiger partial charge is 0.199 e.